The predicted molar refractivity (Wildman–Crippen MR) is 113 cm³/mol. The second-order valence-corrected chi connectivity index (χ2v) is 9.20. The highest BCUT2D eigenvalue weighted by molar-refractivity contribution is 7.92. The predicted octanol–water partition coefficient (Wildman–Crippen LogP) is 3.75. The zero-order chi connectivity index (χ0) is 20.6. The number of fused-ring (bicyclic) bond motifs is 1. The number of nitrogens with zero attached hydrogens (tertiary/aromatic N) is 2. The summed E-state index contributed by atoms with van der Waals surface area (Å²) in [6, 6.07) is 11.4. The van der Waals surface area contributed by atoms with Gasteiger partial charge in [-0.25, -0.2) is 8.42 Å². The fourth-order valence-electron chi connectivity index (χ4n) is 3.32. The molecule has 0 radical (unpaired) electrons. The minimum absolute atomic E-state index is 0.0179. The van der Waals surface area contributed by atoms with E-state index in [1.165, 1.54) is 17.6 Å². The fraction of sp³-hybridized carbons (Fsp3) is 0.333. The van der Waals surface area contributed by atoms with Gasteiger partial charge < -0.3 is 14.4 Å². The van der Waals surface area contributed by atoms with Gasteiger partial charge in [0.15, 0.2) is 5.88 Å². The summed E-state index contributed by atoms with van der Waals surface area (Å²) in [4.78, 5) is 0. The van der Waals surface area contributed by atoms with Crippen LogP contribution in [-0.4, -0.2) is 44.6 Å². The topological polar surface area (TPSA) is 71.8 Å². The van der Waals surface area contributed by atoms with Gasteiger partial charge in [0.25, 0.3) is 0 Å². The maximum absolute atomic E-state index is 11.8. The molecule has 1 unspecified atom stereocenters. The number of hydrogen-bond acceptors (Lipinski definition) is 4. The van der Waals surface area contributed by atoms with Gasteiger partial charge in [-0.05, 0) is 48.7 Å². The maximum atomic E-state index is 11.8. The molecule has 150 valence electrons. The van der Waals surface area contributed by atoms with E-state index >= 15 is 0 Å². The van der Waals surface area contributed by atoms with E-state index in [-0.39, 0.29) is 12.0 Å². The smallest absolute Gasteiger partial charge is 0.231 e. The number of aryl methyl sites for hydroxylation is 1. The highest BCUT2D eigenvalue weighted by Gasteiger charge is 2.16. The first-order valence-electron chi connectivity index (χ1n) is 9.01. The molecule has 0 saturated heterocycles. The van der Waals surface area contributed by atoms with Gasteiger partial charge in [-0.2, -0.15) is 0 Å². The van der Waals surface area contributed by atoms with E-state index in [1.54, 1.807) is 17.7 Å². The van der Waals surface area contributed by atoms with E-state index in [9.17, 15) is 13.5 Å². The van der Waals surface area contributed by atoms with Crippen molar-refractivity contribution < 1.29 is 18.3 Å². The number of hydrogen-bond donors (Lipinski definition) is 1. The summed E-state index contributed by atoms with van der Waals surface area (Å²) in [5, 5.41) is 12.4. The lowest BCUT2D eigenvalue weighted by molar-refractivity contribution is 0.101. The van der Waals surface area contributed by atoms with Crippen LogP contribution in [0.1, 0.15) is 12.5 Å². The van der Waals surface area contributed by atoms with Crippen molar-refractivity contribution in [2.75, 3.05) is 24.7 Å². The number of anilines is 1. The summed E-state index contributed by atoms with van der Waals surface area (Å²) >= 11 is 0. The molecule has 0 saturated carbocycles. The Balaban J connectivity index is 2.08. The van der Waals surface area contributed by atoms with Crippen molar-refractivity contribution in [2.45, 2.75) is 26.5 Å². The van der Waals surface area contributed by atoms with Crippen molar-refractivity contribution in [2.24, 2.45) is 0 Å². The molecule has 3 rings (SSSR count). The van der Waals surface area contributed by atoms with Gasteiger partial charge in [0.2, 0.25) is 10.0 Å². The van der Waals surface area contributed by atoms with Crippen LogP contribution in [0.25, 0.3) is 21.9 Å². The SMILES string of the molecule is COC(C)Cn1cc2cc(-c3cccc(N(C)S(C)(=O)=O)c3)cc(C)c2c1O. The van der Waals surface area contributed by atoms with Crippen molar-refractivity contribution in [3.63, 3.8) is 0 Å². The summed E-state index contributed by atoms with van der Waals surface area (Å²) in [7, 11) is -0.142. The maximum Gasteiger partial charge on any atom is 0.231 e. The van der Waals surface area contributed by atoms with Crippen LogP contribution in [0.3, 0.4) is 0 Å². The van der Waals surface area contributed by atoms with Crippen molar-refractivity contribution in [3.8, 4) is 17.0 Å². The van der Waals surface area contributed by atoms with E-state index in [0.29, 0.717) is 12.2 Å². The van der Waals surface area contributed by atoms with E-state index in [4.69, 9.17) is 4.74 Å². The number of benzene rings is 2. The molecular formula is C21H26N2O4S. The van der Waals surface area contributed by atoms with Crippen LogP contribution >= 0.6 is 0 Å². The Morgan fingerprint density at radius 3 is 2.57 bits per heavy atom. The minimum atomic E-state index is -3.33. The Hall–Kier alpha value is -2.51. The first-order valence-corrected chi connectivity index (χ1v) is 10.9. The van der Waals surface area contributed by atoms with Crippen LogP contribution in [-0.2, 0) is 21.3 Å². The van der Waals surface area contributed by atoms with Gasteiger partial charge >= 0.3 is 0 Å². The lowest BCUT2D eigenvalue weighted by Crippen LogP contribution is -2.24. The fourth-order valence-corrected chi connectivity index (χ4v) is 3.82. The summed E-state index contributed by atoms with van der Waals surface area (Å²) in [6.07, 6.45) is 3.08. The average Bonchev–Trinajstić information content (AvgIpc) is 2.96. The third kappa shape index (κ3) is 3.86. The zero-order valence-corrected chi connectivity index (χ0v) is 17.6. The van der Waals surface area contributed by atoms with Crippen molar-refractivity contribution in [3.05, 3.63) is 48.2 Å². The molecule has 2 aromatic carbocycles. The molecule has 0 aliphatic rings. The first-order chi connectivity index (χ1) is 13.1. The number of aromatic hydroxyl groups is 1. The lowest BCUT2D eigenvalue weighted by Gasteiger charge is -2.17. The highest BCUT2D eigenvalue weighted by Crippen LogP contribution is 2.35. The molecular weight excluding hydrogens is 376 g/mol. The molecule has 28 heavy (non-hydrogen) atoms. The highest BCUT2D eigenvalue weighted by atomic mass is 32.2. The Morgan fingerprint density at radius 1 is 1.21 bits per heavy atom. The van der Waals surface area contributed by atoms with Gasteiger partial charge in [0.1, 0.15) is 0 Å². The summed E-state index contributed by atoms with van der Waals surface area (Å²) in [5.41, 5.74) is 3.43. The first kappa shape index (κ1) is 20.2. The molecule has 1 N–H and O–H groups in total. The molecule has 6 nitrogen and oxygen atoms in total. The van der Waals surface area contributed by atoms with Crippen LogP contribution in [0.2, 0.25) is 0 Å². The molecule has 7 heteroatoms. The molecule has 1 heterocycles. The van der Waals surface area contributed by atoms with Crippen LogP contribution in [0, 0.1) is 6.92 Å². The van der Waals surface area contributed by atoms with E-state index in [0.717, 1.165) is 27.5 Å². The number of ether oxygens (including phenoxy) is 1. The number of methoxy groups -OCH3 is 1. The van der Waals surface area contributed by atoms with E-state index in [1.807, 2.05) is 50.4 Å². The molecule has 0 aliphatic carbocycles. The number of rotatable bonds is 6. The molecule has 1 aromatic heterocycles. The molecule has 1 atom stereocenters. The standard InChI is InChI=1S/C21H26N2O4S/c1-14-9-17(16-7-6-8-19(11-16)22(3)28(5,25)26)10-18-13-23(12-15(2)27-4)21(24)20(14)18/h6-11,13,15,24H,12H2,1-5H3. The monoisotopic (exact) mass is 402 g/mol. The normalized spacial score (nSPS) is 13.0. The Labute approximate surface area is 166 Å². The van der Waals surface area contributed by atoms with Crippen LogP contribution in [0.5, 0.6) is 5.88 Å². The number of sulfonamides is 1. The van der Waals surface area contributed by atoms with Crippen molar-refractivity contribution in [1.29, 1.82) is 0 Å². The number of aromatic nitrogens is 1. The van der Waals surface area contributed by atoms with Gasteiger partial charge in [-0.15, -0.1) is 0 Å². The van der Waals surface area contributed by atoms with Crippen molar-refractivity contribution >= 4 is 26.5 Å². The molecule has 0 aliphatic heterocycles. The van der Waals surface area contributed by atoms with Gasteiger partial charge in [-0.1, -0.05) is 18.2 Å². The summed E-state index contributed by atoms with van der Waals surface area (Å²) < 4.78 is 32.1. The molecule has 0 spiro atoms. The van der Waals surface area contributed by atoms with Crippen molar-refractivity contribution in [1.82, 2.24) is 4.57 Å². The van der Waals surface area contributed by atoms with Gasteiger partial charge in [0, 0.05) is 31.1 Å². The van der Waals surface area contributed by atoms with Crippen LogP contribution < -0.4 is 4.31 Å². The molecule has 0 amide bonds. The Kier molecular flexibility index (Phi) is 5.41. The second-order valence-electron chi connectivity index (χ2n) is 7.19. The average molecular weight is 403 g/mol. The van der Waals surface area contributed by atoms with Gasteiger partial charge in [-0.3, -0.25) is 4.31 Å². The lowest BCUT2D eigenvalue weighted by atomic mass is 9.99. The van der Waals surface area contributed by atoms with Crippen LogP contribution in [0.15, 0.2) is 42.6 Å². The van der Waals surface area contributed by atoms with Gasteiger partial charge in [0.05, 0.1) is 24.6 Å². The molecule has 0 fully saturated rings. The Morgan fingerprint density at radius 2 is 1.93 bits per heavy atom. The summed E-state index contributed by atoms with van der Waals surface area (Å²) in [5.74, 6) is 0.230. The zero-order valence-electron chi connectivity index (χ0n) is 16.8. The Bertz CT molecular complexity index is 1120. The van der Waals surface area contributed by atoms with Crippen LogP contribution in [0.4, 0.5) is 5.69 Å². The third-order valence-corrected chi connectivity index (χ3v) is 6.26. The van der Waals surface area contributed by atoms with E-state index in [2.05, 4.69) is 0 Å². The molecule has 0 bridgehead atoms. The van der Waals surface area contributed by atoms with E-state index < -0.39 is 10.0 Å². The largest absolute Gasteiger partial charge is 0.494 e. The second kappa shape index (κ2) is 7.48. The minimum Gasteiger partial charge on any atom is -0.494 e. The molecule has 3 aromatic rings. The summed E-state index contributed by atoms with van der Waals surface area (Å²) in [6.45, 7) is 4.47. The third-order valence-electron chi connectivity index (χ3n) is 5.05. The quantitative estimate of drug-likeness (QED) is 0.682.